The van der Waals surface area contributed by atoms with Crippen molar-refractivity contribution in [2.24, 2.45) is 5.73 Å². The summed E-state index contributed by atoms with van der Waals surface area (Å²) < 4.78 is 28.8. The zero-order valence-electron chi connectivity index (χ0n) is 23.0. The number of carboxylic acids is 1. The van der Waals surface area contributed by atoms with Crippen LogP contribution in [0.1, 0.15) is 57.7 Å². The second-order valence-corrected chi connectivity index (χ2v) is 13.1. The normalized spacial score (nSPS) is 13.6. The molecule has 4 rings (SSSR count). The number of hydrogen-bond acceptors (Lipinski definition) is 7. The lowest BCUT2D eigenvalue weighted by atomic mass is 10.0. The maximum absolute atomic E-state index is 13.4. The third kappa shape index (κ3) is 9.89. The molecule has 2 amide bonds. The van der Waals surface area contributed by atoms with Gasteiger partial charge in [-0.2, -0.15) is 4.31 Å². The molecule has 0 saturated carbocycles. The van der Waals surface area contributed by atoms with Crippen LogP contribution in [0.2, 0.25) is 4.34 Å². The van der Waals surface area contributed by atoms with E-state index in [1.54, 1.807) is 61.5 Å². The number of anilines is 1. The third-order valence-electron chi connectivity index (χ3n) is 6.20. The molecule has 43 heavy (non-hydrogen) atoms. The van der Waals surface area contributed by atoms with Crippen LogP contribution in [0.4, 0.5) is 5.69 Å². The molecule has 0 unspecified atom stereocenters. The number of nitrogens with one attached hydrogen (secondary N) is 3. The van der Waals surface area contributed by atoms with E-state index >= 15 is 0 Å². The van der Waals surface area contributed by atoms with E-state index in [4.69, 9.17) is 32.6 Å². The highest BCUT2D eigenvalue weighted by atomic mass is 35.5. The first-order chi connectivity index (χ1) is 19.8. The summed E-state index contributed by atoms with van der Waals surface area (Å²) in [5.74, 6) is -1.89. The highest BCUT2D eigenvalue weighted by Gasteiger charge is 2.30. The molecule has 0 aliphatic carbocycles. The minimum absolute atomic E-state index is 0. The van der Waals surface area contributed by atoms with Crippen molar-refractivity contribution in [3.05, 3.63) is 70.1 Å². The van der Waals surface area contributed by atoms with Crippen molar-refractivity contribution >= 4 is 62.3 Å². The van der Waals surface area contributed by atoms with Crippen LogP contribution in [0.5, 0.6) is 0 Å². The predicted molar refractivity (Wildman–Crippen MR) is 170 cm³/mol. The van der Waals surface area contributed by atoms with E-state index in [0.29, 0.717) is 44.7 Å². The fourth-order valence-corrected chi connectivity index (χ4v) is 7.06. The number of nitrogens with two attached hydrogens (primary N) is 1. The van der Waals surface area contributed by atoms with Crippen LogP contribution >= 0.6 is 22.9 Å². The molecule has 232 valence electrons. The summed E-state index contributed by atoms with van der Waals surface area (Å²) in [4.78, 5) is 34.9. The molecule has 1 aliphatic heterocycles. The first-order valence-electron chi connectivity index (χ1n) is 12.9. The van der Waals surface area contributed by atoms with Crippen molar-refractivity contribution in [3.63, 3.8) is 0 Å². The van der Waals surface area contributed by atoms with Gasteiger partial charge >= 0.3 is 0 Å². The molecule has 0 bridgehead atoms. The minimum Gasteiger partial charge on any atom is -0.481 e. The molecule has 2 heterocycles. The predicted octanol–water partition coefficient (Wildman–Crippen LogP) is 5.07. The smallest absolute Gasteiger partial charge is 0.300 e. The van der Waals surface area contributed by atoms with E-state index in [-0.39, 0.29) is 18.2 Å². The Labute approximate surface area is 260 Å². The average Bonchev–Trinajstić information content (AvgIpc) is 3.61. The van der Waals surface area contributed by atoms with E-state index in [1.165, 1.54) is 15.6 Å². The molecule has 0 radical (unpaired) electrons. The van der Waals surface area contributed by atoms with Crippen molar-refractivity contribution in [3.8, 4) is 10.4 Å². The maximum atomic E-state index is 13.4. The molecule has 0 spiro atoms. The van der Waals surface area contributed by atoms with Crippen molar-refractivity contribution in [1.82, 2.24) is 9.62 Å². The Bertz CT molecular complexity index is 1560. The molecule has 1 aliphatic rings. The number of sulfonamides is 1. The molecule has 1 atom stereocenters. The van der Waals surface area contributed by atoms with E-state index < -0.39 is 40.3 Å². The quantitative estimate of drug-likeness (QED) is 0.122. The number of carbonyl (C=O) groups is 3. The van der Waals surface area contributed by atoms with Crippen LogP contribution in [0.3, 0.4) is 0 Å². The average molecular weight is 650 g/mol. The number of carboxylic acid groups (broad SMARTS) is 1. The molecule has 1 aromatic heterocycles. The number of hydrogen-bond donors (Lipinski definition) is 5. The Balaban J connectivity index is 0.00000121. The number of halogens is 1. The lowest BCUT2D eigenvalue weighted by Crippen LogP contribution is -2.30. The number of aliphatic carboxylic acids is 1. The lowest BCUT2D eigenvalue weighted by molar-refractivity contribution is -0.134. The van der Waals surface area contributed by atoms with Gasteiger partial charge in [0, 0.05) is 41.7 Å². The van der Waals surface area contributed by atoms with Gasteiger partial charge in [-0.1, -0.05) is 25.1 Å². The SMILES string of the molecule is C.CC(=O)O.C[C@H](NC(=O)CC(=O)Nc1ccc(C(=N)N)cc1)c1ccc(S(=O)(=O)N2CCCC2)c(-c2ccc(Cl)s2)c1. The van der Waals surface area contributed by atoms with Gasteiger partial charge in [0.1, 0.15) is 12.3 Å². The topological polar surface area (TPSA) is 183 Å². The number of amides is 2. The van der Waals surface area contributed by atoms with E-state index in [1.807, 2.05) is 0 Å². The fraction of sp³-hybridized carbons (Fsp3) is 0.310. The van der Waals surface area contributed by atoms with Gasteiger partial charge in [-0.3, -0.25) is 19.8 Å². The monoisotopic (exact) mass is 649 g/mol. The van der Waals surface area contributed by atoms with Gasteiger partial charge in [0.05, 0.1) is 15.3 Å². The number of benzene rings is 2. The number of carbonyl (C=O) groups excluding carboxylic acids is 2. The Morgan fingerprint density at radius 1 is 1.07 bits per heavy atom. The molecule has 2 aromatic carbocycles. The molecule has 3 aromatic rings. The zero-order chi connectivity index (χ0) is 31.0. The molecule has 11 nitrogen and oxygen atoms in total. The standard InChI is InChI=1S/C26H28ClN5O4S2.C2H4O2.CH4/c1-16(30-24(33)15-25(34)31-19-7-4-17(5-8-19)26(28)29)18-6-10-22(38(35,36)32-12-2-3-13-32)20(14-18)21-9-11-23(27)37-21;1-2(3)4;/h4-11,14,16H,2-3,12-13,15H2,1H3,(H3,28,29)(H,30,33)(H,31,34);1H3,(H,3,4);1H4/t16-;;/m0../s1. The number of rotatable bonds is 9. The van der Waals surface area contributed by atoms with E-state index in [9.17, 15) is 18.0 Å². The summed E-state index contributed by atoms with van der Waals surface area (Å²) in [7, 11) is -3.69. The molecule has 1 fully saturated rings. The molecule has 1 saturated heterocycles. The summed E-state index contributed by atoms with van der Waals surface area (Å²) >= 11 is 7.44. The lowest BCUT2D eigenvalue weighted by Gasteiger charge is -2.20. The van der Waals surface area contributed by atoms with Crippen LogP contribution in [-0.4, -0.2) is 54.5 Å². The minimum atomic E-state index is -3.69. The molecule has 6 N–H and O–H groups in total. The fourth-order valence-electron chi connectivity index (χ4n) is 4.22. The van der Waals surface area contributed by atoms with Crippen LogP contribution in [0, 0.1) is 5.41 Å². The number of thiophene rings is 1. The van der Waals surface area contributed by atoms with Gasteiger partial charge in [0.2, 0.25) is 21.8 Å². The van der Waals surface area contributed by atoms with Crippen LogP contribution < -0.4 is 16.4 Å². The first-order valence-corrected chi connectivity index (χ1v) is 15.5. The van der Waals surface area contributed by atoms with E-state index in [2.05, 4.69) is 10.6 Å². The second-order valence-electron chi connectivity index (χ2n) is 9.49. The summed E-state index contributed by atoms with van der Waals surface area (Å²) in [6, 6.07) is 14.4. The van der Waals surface area contributed by atoms with Gasteiger partial charge in [0.15, 0.2) is 0 Å². The Hall–Kier alpha value is -3.78. The van der Waals surface area contributed by atoms with Gasteiger partial charge in [-0.05, 0) is 73.9 Å². The number of nitrogen functional groups attached to an aromatic ring is 1. The molecule has 14 heteroatoms. The molecular formula is C29H36ClN5O6S2. The van der Waals surface area contributed by atoms with Crippen LogP contribution in [0.15, 0.2) is 59.5 Å². The van der Waals surface area contributed by atoms with Crippen LogP contribution in [-0.2, 0) is 24.4 Å². The van der Waals surface area contributed by atoms with Gasteiger partial charge in [-0.25, -0.2) is 8.42 Å². The Kier molecular flexibility index (Phi) is 12.9. The van der Waals surface area contributed by atoms with Crippen molar-refractivity contribution < 1.29 is 27.9 Å². The Morgan fingerprint density at radius 3 is 2.21 bits per heavy atom. The van der Waals surface area contributed by atoms with Crippen LogP contribution in [0.25, 0.3) is 10.4 Å². The zero-order valence-corrected chi connectivity index (χ0v) is 25.4. The Morgan fingerprint density at radius 2 is 1.67 bits per heavy atom. The van der Waals surface area contributed by atoms with Crippen molar-refractivity contribution in [2.75, 3.05) is 18.4 Å². The largest absolute Gasteiger partial charge is 0.481 e. The summed E-state index contributed by atoms with van der Waals surface area (Å²) in [5, 5.41) is 20.3. The van der Waals surface area contributed by atoms with Crippen molar-refractivity contribution in [1.29, 1.82) is 5.41 Å². The summed E-state index contributed by atoms with van der Waals surface area (Å²) in [5.41, 5.74) is 7.66. The third-order valence-corrected chi connectivity index (χ3v) is 9.42. The number of amidine groups is 1. The van der Waals surface area contributed by atoms with E-state index in [0.717, 1.165) is 19.8 Å². The second kappa shape index (κ2) is 15.6. The summed E-state index contributed by atoms with van der Waals surface area (Å²) in [6.07, 6.45) is 1.27. The maximum Gasteiger partial charge on any atom is 0.300 e. The highest BCUT2D eigenvalue weighted by molar-refractivity contribution is 7.89. The highest BCUT2D eigenvalue weighted by Crippen LogP contribution is 2.38. The molecular weight excluding hydrogens is 614 g/mol. The first kappa shape index (κ1) is 35.4. The van der Waals surface area contributed by atoms with Gasteiger partial charge in [-0.15, -0.1) is 11.3 Å². The summed E-state index contributed by atoms with van der Waals surface area (Å²) in [6.45, 7) is 3.83. The number of nitrogens with zero attached hydrogens (tertiary/aromatic N) is 1. The van der Waals surface area contributed by atoms with Crippen molar-refractivity contribution in [2.45, 2.75) is 51.5 Å². The van der Waals surface area contributed by atoms with Gasteiger partial charge in [0.25, 0.3) is 5.97 Å². The van der Waals surface area contributed by atoms with Gasteiger partial charge < -0.3 is 21.5 Å².